The van der Waals surface area contributed by atoms with E-state index in [4.69, 9.17) is 5.21 Å². The zero-order chi connectivity index (χ0) is 19.6. The second-order valence-corrected chi connectivity index (χ2v) is 7.56. The molecule has 4 amide bonds. The number of nitrogens with zero attached hydrogens (tertiary/aromatic N) is 2. The van der Waals surface area contributed by atoms with Gasteiger partial charge in [0.2, 0.25) is 9.84 Å². The summed E-state index contributed by atoms with van der Waals surface area (Å²) in [4.78, 5) is 24.4. The summed E-state index contributed by atoms with van der Waals surface area (Å²) < 4.78 is 25.2. The lowest BCUT2D eigenvalue weighted by Gasteiger charge is -2.21. The molecule has 0 spiro atoms. The molecular weight excluding hydrogens is 376 g/mol. The van der Waals surface area contributed by atoms with Gasteiger partial charge in [-0.25, -0.2) is 22.9 Å². The van der Waals surface area contributed by atoms with Crippen molar-refractivity contribution in [1.29, 1.82) is 0 Å². The van der Waals surface area contributed by atoms with E-state index in [1.807, 2.05) is 0 Å². The lowest BCUT2D eigenvalue weighted by atomic mass is 10.3. The molecule has 3 rings (SSSR count). The van der Waals surface area contributed by atoms with E-state index in [1.165, 1.54) is 48.5 Å². The Balaban J connectivity index is 1.75. The van der Waals surface area contributed by atoms with Gasteiger partial charge in [-0.05, 0) is 48.5 Å². The average molecular weight is 391 g/mol. The molecule has 1 aliphatic heterocycles. The molecule has 0 unspecified atom stereocenters. The second-order valence-electron chi connectivity index (χ2n) is 5.61. The third-order valence-corrected chi connectivity index (χ3v) is 5.67. The minimum Gasteiger partial charge on any atom is -0.733 e. The van der Waals surface area contributed by atoms with Crippen molar-refractivity contribution < 1.29 is 23.2 Å². The number of anilines is 2. The van der Waals surface area contributed by atoms with Crippen molar-refractivity contribution in [1.82, 2.24) is 10.2 Å². The summed E-state index contributed by atoms with van der Waals surface area (Å²) in [5.74, 6) is 0. The number of carbonyl (C=O) groups is 2. The fourth-order valence-electron chi connectivity index (χ4n) is 2.46. The van der Waals surface area contributed by atoms with Crippen molar-refractivity contribution in [2.75, 3.05) is 23.6 Å². The minimum absolute atomic E-state index is 0.0184. The molecule has 142 valence electrons. The first-order valence-corrected chi connectivity index (χ1v) is 9.25. The molecular formula is C16H15N4O6S-. The molecule has 0 bridgehead atoms. The monoisotopic (exact) mass is 391 g/mol. The van der Waals surface area contributed by atoms with Gasteiger partial charge in [0, 0.05) is 18.8 Å². The third-order valence-electron chi connectivity index (χ3n) is 3.89. The van der Waals surface area contributed by atoms with Gasteiger partial charge in [0.15, 0.2) is 0 Å². The number of amides is 4. The van der Waals surface area contributed by atoms with Gasteiger partial charge in [-0.15, -0.1) is 0 Å². The van der Waals surface area contributed by atoms with Crippen molar-refractivity contribution in [2.24, 2.45) is 0 Å². The van der Waals surface area contributed by atoms with Crippen LogP contribution in [0.15, 0.2) is 58.3 Å². The van der Waals surface area contributed by atoms with Gasteiger partial charge in [-0.3, -0.25) is 5.21 Å². The van der Waals surface area contributed by atoms with Gasteiger partial charge in [-0.2, -0.15) is 0 Å². The Hall–Kier alpha value is -3.15. The molecule has 0 atom stereocenters. The summed E-state index contributed by atoms with van der Waals surface area (Å²) in [6.07, 6.45) is 0. The summed E-state index contributed by atoms with van der Waals surface area (Å²) in [6.45, 7) is 0.629. The SMILES string of the molecule is O=C1NCCN1C(=O)Nc1ccc(S(=O)(=O)c2ccc(N([O-])O)cc2)cc1. The number of rotatable bonds is 4. The van der Waals surface area contributed by atoms with Gasteiger partial charge in [0.05, 0.1) is 15.5 Å². The van der Waals surface area contributed by atoms with E-state index in [9.17, 15) is 23.2 Å². The molecule has 11 heteroatoms. The summed E-state index contributed by atoms with van der Waals surface area (Å²) in [5.41, 5.74) is 0.231. The standard InChI is InChI=1S/C16H15N4O6S/c21-15-17-9-10-19(15)16(22)18-11-1-5-13(6-2-11)27(25,26)14-7-3-12(4-8-14)20(23)24/h1-8,23H,9-10H2,(H,17,21)(H,18,22)/q-1. The van der Waals surface area contributed by atoms with Crippen LogP contribution in [0.3, 0.4) is 0 Å². The largest absolute Gasteiger partial charge is 0.733 e. The number of carbonyl (C=O) groups excluding carboxylic acids is 2. The Morgan fingerprint density at radius 2 is 1.67 bits per heavy atom. The highest BCUT2D eigenvalue weighted by Gasteiger charge is 2.26. The number of benzene rings is 2. The van der Waals surface area contributed by atoms with Crippen molar-refractivity contribution in [3.05, 3.63) is 53.7 Å². The van der Waals surface area contributed by atoms with Crippen LogP contribution >= 0.6 is 0 Å². The van der Waals surface area contributed by atoms with Crippen LogP contribution in [-0.2, 0) is 9.84 Å². The van der Waals surface area contributed by atoms with Crippen molar-refractivity contribution in [2.45, 2.75) is 9.79 Å². The number of hydrogen-bond acceptors (Lipinski definition) is 7. The average Bonchev–Trinajstić information content (AvgIpc) is 3.08. The first kappa shape index (κ1) is 18.6. The number of sulfone groups is 1. The van der Waals surface area contributed by atoms with Gasteiger partial charge in [0.25, 0.3) is 0 Å². The van der Waals surface area contributed by atoms with Crippen LogP contribution in [0, 0.1) is 5.21 Å². The van der Waals surface area contributed by atoms with Crippen molar-refractivity contribution >= 4 is 33.3 Å². The third kappa shape index (κ3) is 3.84. The van der Waals surface area contributed by atoms with E-state index in [0.29, 0.717) is 12.2 Å². The Kier molecular flexibility index (Phi) is 4.99. The van der Waals surface area contributed by atoms with Crippen LogP contribution in [0.4, 0.5) is 21.0 Å². The number of nitrogens with one attached hydrogen (secondary N) is 2. The zero-order valence-corrected chi connectivity index (χ0v) is 14.6. The van der Waals surface area contributed by atoms with Crippen LogP contribution in [0.25, 0.3) is 0 Å². The summed E-state index contributed by atoms with van der Waals surface area (Å²) in [6, 6.07) is 9.09. The Labute approximate surface area is 154 Å². The quantitative estimate of drug-likeness (QED) is 0.674. The van der Waals surface area contributed by atoms with Gasteiger partial charge >= 0.3 is 12.1 Å². The van der Waals surface area contributed by atoms with Crippen molar-refractivity contribution in [3.8, 4) is 0 Å². The predicted octanol–water partition coefficient (Wildman–Crippen LogP) is 1.77. The Morgan fingerprint density at radius 3 is 2.15 bits per heavy atom. The number of urea groups is 2. The topological polar surface area (TPSA) is 142 Å². The molecule has 27 heavy (non-hydrogen) atoms. The van der Waals surface area contributed by atoms with Crippen LogP contribution in [0.2, 0.25) is 0 Å². The highest BCUT2D eigenvalue weighted by molar-refractivity contribution is 7.91. The summed E-state index contributed by atoms with van der Waals surface area (Å²) in [5, 5.41) is 24.2. The molecule has 2 aromatic carbocycles. The van der Waals surface area contributed by atoms with E-state index in [1.54, 1.807) is 0 Å². The minimum atomic E-state index is -3.84. The van der Waals surface area contributed by atoms with Crippen molar-refractivity contribution in [3.63, 3.8) is 0 Å². The molecule has 2 aromatic rings. The smallest absolute Gasteiger partial charge is 0.330 e. The molecule has 1 heterocycles. The maximum atomic E-state index is 12.6. The van der Waals surface area contributed by atoms with Crippen LogP contribution in [-0.4, -0.2) is 43.7 Å². The normalized spacial score (nSPS) is 14.0. The summed E-state index contributed by atoms with van der Waals surface area (Å²) >= 11 is 0. The van der Waals surface area contributed by atoms with Gasteiger partial charge in [0.1, 0.15) is 0 Å². The van der Waals surface area contributed by atoms with E-state index >= 15 is 0 Å². The second kappa shape index (κ2) is 7.23. The molecule has 3 N–H and O–H groups in total. The van der Waals surface area contributed by atoms with E-state index in [2.05, 4.69) is 10.6 Å². The molecule has 0 aromatic heterocycles. The maximum absolute atomic E-state index is 12.6. The maximum Gasteiger partial charge on any atom is 0.330 e. The molecule has 0 saturated carbocycles. The van der Waals surface area contributed by atoms with E-state index < -0.39 is 21.9 Å². The molecule has 0 radical (unpaired) electrons. The lowest BCUT2D eigenvalue weighted by Crippen LogP contribution is -2.37. The van der Waals surface area contributed by atoms with Crippen LogP contribution in [0.5, 0.6) is 0 Å². The highest BCUT2D eigenvalue weighted by Crippen LogP contribution is 2.24. The number of imide groups is 1. The first-order chi connectivity index (χ1) is 12.8. The lowest BCUT2D eigenvalue weighted by molar-refractivity contribution is 0.207. The zero-order valence-electron chi connectivity index (χ0n) is 13.8. The molecule has 0 aliphatic carbocycles. The highest BCUT2D eigenvalue weighted by atomic mass is 32.2. The van der Waals surface area contributed by atoms with Crippen LogP contribution in [0.1, 0.15) is 0 Å². The predicted molar refractivity (Wildman–Crippen MR) is 95.1 cm³/mol. The summed E-state index contributed by atoms with van der Waals surface area (Å²) in [7, 11) is -3.84. The van der Waals surface area contributed by atoms with E-state index in [-0.39, 0.29) is 27.2 Å². The van der Waals surface area contributed by atoms with Gasteiger partial charge in [-0.1, -0.05) is 0 Å². The Morgan fingerprint density at radius 1 is 1.11 bits per heavy atom. The fraction of sp³-hybridized carbons (Fsp3) is 0.125. The van der Waals surface area contributed by atoms with E-state index in [0.717, 1.165) is 4.90 Å². The molecule has 1 saturated heterocycles. The Bertz CT molecular complexity index is 957. The van der Waals surface area contributed by atoms with Gasteiger partial charge < -0.3 is 21.1 Å². The number of hydrogen-bond donors (Lipinski definition) is 3. The first-order valence-electron chi connectivity index (χ1n) is 7.77. The molecule has 1 aliphatic rings. The molecule has 10 nitrogen and oxygen atoms in total. The fourth-order valence-corrected chi connectivity index (χ4v) is 3.72. The molecule has 1 fully saturated rings. The van der Waals surface area contributed by atoms with Crippen LogP contribution < -0.4 is 15.9 Å².